The fraction of sp³-hybridized carbons (Fsp3) is 0.286. The number of fused-ring (bicyclic) bond motifs is 2. The minimum Gasteiger partial charge on any atom is -0.493 e. The summed E-state index contributed by atoms with van der Waals surface area (Å²) in [7, 11) is 0. The standard InChI is InChI=1S/C14H11ClN4O3S/c15-11-9(17-18-23-11)7-19-12(20)14(16-13(19)21)5-6-22-10-4-2-1-3-8(10)14/h1-4H,5-7H2,(H,16,21). The highest BCUT2D eigenvalue weighted by Gasteiger charge is 2.54. The number of aromatic nitrogens is 2. The van der Waals surface area contributed by atoms with Crippen molar-refractivity contribution in [1.29, 1.82) is 0 Å². The number of carbonyl (C=O) groups is 2. The number of nitrogens with zero attached hydrogens (tertiary/aromatic N) is 3. The number of hydrogen-bond donors (Lipinski definition) is 1. The van der Waals surface area contributed by atoms with E-state index in [2.05, 4.69) is 14.9 Å². The van der Waals surface area contributed by atoms with Crippen LogP contribution in [0.25, 0.3) is 0 Å². The molecule has 0 aliphatic carbocycles. The molecule has 1 saturated heterocycles. The molecule has 0 saturated carbocycles. The van der Waals surface area contributed by atoms with Crippen molar-refractivity contribution in [1.82, 2.24) is 19.8 Å². The molecular weight excluding hydrogens is 340 g/mol. The zero-order chi connectivity index (χ0) is 16.0. The Hall–Kier alpha value is -2.19. The van der Waals surface area contributed by atoms with Gasteiger partial charge in [0.25, 0.3) is 5.91 Å². The van der Waals surface area contributed by atoms with Crippen LogP contribution >= 0.6 is 23.1 Å². The van der Waals surface area contributed by atoms with Crippen LogP contribution in [-0.2, 0) is 16.9 Å². The highest BCUT2D eigenvalue weighted by Crippen LogP contribution is 2.41. The lowest BCUT2D eigenvalue weighted by molar-refractivity contribution is -0.133. The van der Waals surface area contributed by atoms with Crippen LogP contribution in [0.2, 0.25) is 4.34 Å². The summed E-state index contributed by atoms with van der Waals surface area (Å²) in [6, 6.07) is 6.78. The van der Waals surface area contributed by atoms with Crippen LogP contribution in [0.3, 0.4) is 0 Å². The fourth-order valence-corrected chi connectivity index (χ4v) is 3.57. The van der Waals surface area contributed by atoms with Gasteiger partial charge in [0.05, 0.1) is 13.2 Å². The summed E-state index contributed by atoms with van der Waals surface area (Å²) in [4.78, 5) is 26.5. The largest absolute Gasteiger partial charge is 0.493 e. The third kappa shape index (κ3) is 2.09. The molecule has 0 bridgehead atoms. The monoisotopic (exact) mass is 350 g/mol. The third-order valence-corrected chi connectivity index (χ3v) is 5.06. The van der Waals surface area contributed by atoms with Gasteiger partial charge in [-0.05, 0) is 6.07 Å². The molecule has 1 unspecified atom stereocenters. The van der Waals surface area contributed by atoms with Crippen molar-refractivity contribution in [2.75, 3.05) is 6.61 Å². The Morgan fingerprint density at radius 2 is 2.22 bits per heavy atom. The number of benzene rings is 1. The smallest absolute Gasteiger partial charge is 0.325 e. The average Bonchev–Trinajstić information content (AvgIpc) is 3.06. The van der Waals surface area contributed by atoms with E-state index in [1.807, 2.05) is 12.1 Å². The summed E-state index contributed by atoms with van der Waals surface area (Å²) in [5.74, 6) is 0.296. The van der Waals surface area contributed by atoms with E-state index < -0.39 is 11.6 Å². The van der Waals surface area contributed by atoms with Gasteiger partial charge < -0.3 is 10.1 Å². The van der Waals surface area contributed by atoms with Gasteiger partial charge in [0, 0.05) is 23.5 Å². The van der Waals surface area contributed by atoms with Crippen LogP contribution in [0.4, 0.5) is 4.79 Å². The Morgan fingerprint density at radius 1 is 1.39 bits per heavy atom. The number of ether oxygens (including phenoxy) is 1. The molecule has 23 heavy (non-hydrogen) atoms. The molecule has 3 heterocycles. The molecule has 4 rings (SSSR count). The number of urea groups is 1. The normalized spacial score (nSPS) is 22.9. The van der Waals surface area contributed by atoms with Gasteiger partial charge in [-0.1, -0.05) is 34.3 Å². The molecule has 1 fully saturated rings. The first-order valence-corrected chi connectivity index (χ1v) is 8.10. The molecule has 7 nitrogen and oxygen atoms in total. The Labute approximate surface area is 140 Å². The van der Waals surface area contributed by atoms with Gasteiger partial charge in [-0.15, -0.1) is 5.10 Å². The number of para-hydroxylation sites is 1. The SMILES string of the molecule is O=C1NC2(CCOc3ccccc32)C(=O)N1Cc1nnsc1Cl. The summed E-state index contributed by atoms with van der Waals surface area (Å²) < 4.78 is 9.69. The number of nitrogens with one attached hydrogen (secondary N) is 1. The number of halogens is 1. The summed E-state index contributed by atoms with van der Waals surface area (Å²) >= 11 is 7.00. The second-order valence-corrected chi connectivity index (χ2v) is 6.67. The molecule has 118 valence electrons. The van der Waals surface area contributed by atoms with Crippen LogP contribution in [0, 0.1) is 0 Å². The molecule has 2 aromatic rings. The lowest BCUT2D eigenvalue weighted by atomic mass is 9.84. The zero-order valence-electron chi connectivity index (χ0n) is 11.8. The fourth-order valence-electron chi connectivity index (χ4n) is 2.96. The first-order chi connectivity index (χ1) is 11.1. The van der Waals surface area contributed by atoms with Gasteiger partial charge >= 0.3 is 6.03 Å². The first-order valence-electron chi connectivity index (χ1n) is 6.95. The lowest BCUT2D eigenvalue weighted by Gasteiger charge is -2.33. The quantitative estimate of drug-likeness (QED) is 0.836. The summed E-state index contributed by atoms with van der Waals surface area (Å²) in [6.07, 6.45) is 0.383. The molecule has 1 spiro atoms. The predicted octanol–water partition coefficient (Wildman–Crippen LogP) is 1.92. The zero-order valence-corrected chi connectivity index (χ0v) is 13.4. The summed E-state index contributed by atoms with van der Waals surface area (Å²) in [6.45, 7) is 0.362. The third-order valence-electron chi connectivity index (χ3n) is 4.07. The second-order valence-electron chi connectivity index (χ2n) is 5.31. The van der Waals surface area contributed by atoms with Crippen LogP contribution in [-0.4, -0.2) is 33.0 Å². The van der Waals surface area contributed by atoms with E-state index in [0.717, 1.165) is 16.4 Å². The highest BCUT2D eigenvalue weighted by molar-refractivity contribution is 7.10. The number of hydrogen-bond acceptors (Lipinski definition) is 6. The van der Waals surface area contributed by atoms with Crippen molar-refractivity contribution in [3.63, 3.8) is 0 Å². The Balaban J connectivity index is 1.72. The number of carbonyl (C=O) groups excluding carboxylic acids is 2. The minimum atomic E-state index is -1.08. The average molecular weight is 351 g/mol. The Bertz CT molecular complexity index is 811. The molecule has 0 radical (unpaired) electrons. The molecule has 1 aromatic carbocycles. The van der Waals surface area contributed by atoms with Crippen molar-refractivity contribution in [3.05, 3.63) is 39.9 Å². The maximum absolute atomic E-state index is 13.0. The first kappa shape index (κ1) is 14.4. The molecule has 2 aliphatic heterocycles. The van der Waals surface area contributed by atoms with Crippen molar-refractivity contribution in [3.8, 4) is 5.75 Å². The molecule has 1 atom stereocenters. The minimum absolute atomic E-state index is 0.00474. The maximum atomic E-state index is 13.0. The van der Waals surface area contributed by atoms with Crippen LogP contribution in [0.1, 0.15) is 17.7 Å². The van der Waals surface area contributed by atoms with E-state index in [9.17, 15) is 9.59 Å². The van der Waals surface area contributed by atoms with E-state index in [4.69, 9.17) is 16.3 Å². The van der Waals surface area contributed by atoms with Gasteiger partial charge in [-0.2, -0.15) is 0 Å². The lowest BCUT2D eigenvalue weighted by Crippen LogP contribution is -2.47. The van der Waals surface area contributed by atoms with E-state index in [1.165, 1.54) is 0 Å². The highest BCUT2D eigenvalue weighted by atomic mass is 35.5. The van der Waals surface area contributed by atoms with Crippen molar-refractivity contribution in [2.45, 2.75) is 18.5 Å². The number of amides is 3. The van der Waals surface area contributed by atoms with E-state index in [1.54, 1.807) is 12.1 Å². The van der Waals surface area contributed by atoms with Crippen LogP contribution < -0.4 is 10.1 Å². The Kier molecular flexibility index (Phi) is 3.24. The molecule has 9 heteroatoms. The second kappa shape index (κ2) is 5.17. The van der Waals surface area contributed by atoms with Crippen LogP contribution in [0.5, 0.6) is 5.75 Å². The molecule has 3 amide bonds. The summed E-state index contributed by atoms with van der Waals surface area (Å²) in [5.41, 5.74) is 0.00847. The van der Waals surface area contributed by atoms with Crippen molar-refractivity contribution >= 4 is 35.1 Å². The van der Waals surface area contributed by atoms with Crippen molar-refractivity contribution < 1.29 is 14.3 Å². The Morgan fingerprint density at radius 3 is 3.00 bits per heavy atom. The maximum Gasteiger partial charge on any atom is 0.325 e. The number of rotatable bonds is 2. The van der Waals surface area contributed by atoms with Crippen LogP contribution in [0.15, 0.2) is 24.3 Å². The van der Waals surface area contributed by atoms with Gasteiger partial charge in [0.1, 0.15) is 15.8 Å². The molecule has 1 N–H and O–H groups in total. The van der Waals surface area contributed by atoms with Gasteiger partial charge in [0.2, 0.25) is 0 Å². The van der Waals surface area contributed by atoms with Gasteiger partial charge in [0.15, 0.2) is 5.54 Å². The summed E-state index contributed by atoms with van der Waals surface area (Å²) in [5, 5.41) is 6.69. The molecular formula is C14H11ClN4O3S. The predicted molar refractivity (Wildman–Crippen MR) is 82.2 cm³/mol. The van der Waals surface area contributed by atoms with E-state index in [-0.39, 0.29) is 12.5 Å². The molecule has 1 aromatic heterocycles. The van der Waals surface area contributed by atoms with E-state index >= 15 is 0 Å². The van der Waals surface area contributed by atoms with Crippen molar-refractivity contribution in [2.24, 2.45) is 0 Å². The van der Waals surface area contributed by atoms with Gasteiger partial charge in [-0.3, -0.25) is 9.69 Å². The number of imide groups is 1. The molecule has 2 aliphatic rings. The van der Waals surface area contributed by atoms with E-state index in [0.29, 0.717) is 34.4 Å². The van der Waals surface area contributed by atoms with Gasteiger partial charge in [-0.25, -0.2) is 4.79 Å². The topological polar surface area (TPSA) is 84.4 Å².